The van der Waals surface area contributed by atoms with Gasteiger partial charge in [-0.2, -0.15) is 0 Å². The maximum Gasteiger partial charge on any atom is 0.0640 e. The molecule has 3 heteroatoms. The van der Waals surface area contributed by atoms with Crippen LogP contribution in [-0.2, 0) is 4.74 Å². The molecule has 0 aliphatic heterocycles. The highest BCUT2D eigenvalue weighted by molar-refractivity contribution is 5.12. The van der Waals surface area contributed by atoms with E-state index in [-0.39, 0.29) is 5.54 Å². The van der Waals surface area contributed by atoms with Crippen LogP contribution >= 0.6 is 0 Å². The van der Waals surface area contributed by atoms with Crippen molar-refractivity contribution in [1.29, 1.82) is 0 Å². The second-order valence-electron chi connectivity index (χ2n) is 5.50. The van der Waals surface area contributed by atoms with E-state index in [1.807, 2.05) is 14.0 Å². The number of ether oxygens (including phenoxy) is 1. The lowest BCUT2D eigenvalue weighted by Crippen LogP contribution is -2.44. The smallest absolute Gasteiger partial charge is 0.0640 e. The molecule has 2 saturated carbocycles. The van der Waals surface area contributed by atoms with E-state index in [2.05, 4.69) is 12.2 Å². The Hall–Kier alpha value is -0.120. The molecule has 0 heterocycles. The van der Waals surface area contributed by atoms with E-state index in [4.69, 9.17) is 4.74 Å². The normalized spacial score (nSPS) is 49.6. The molecule has 2 aliphatic carbocycles. The first kappa shape index (κ1) is 11.4. The molecule has 2 aliphatic rings. The van der Waals surface area contributed by atoms with Crippen LogP contribution in [0.25, 0.3) is 0 Å². The molecule has 3 nitrogen and oxygen atoms in total. The quantitative estimate of drug-likeness (QED) is 0.742. The van der Waals surface area contributed by atoms with E-state index in [1.54, 1.807) is 0 Å². The van der Waals surface area contributed by atoms with Crippen molar-refractivity contribution in [1.82, 2.24) is 5.32 Å². The fourth-order valence-corrected chi connectivity index (χ4v) is 3.73. The summed E-state index contributed by atoms with van der Waals surface area (Å²) in [4.78, 5) is 0. The van der Waals surface area contributed by atoms with Crippen LogP contribution in [0.5, 0.6) is 0 Å². The molecule has 0 bridgehead atoms. The zero-order valence-corrected chi connectivity index (χ0v) is 10.0. The summed E-state index contributed by atoms with van der Waals surface area (Å²) in [5, 5.41) is 13.6. The van der Waals surface area contributed by atoms with E-state index >= 15 is 0 Å². The molecule has 15 heavy (non-hydrogen) atoms. The first-order chi connectivity index (χ1) is 7.01. The van der Waals surface area contributed by atoms with Crippen molar-refractivity contribution in [2.75, 3.05) is 13.7 Å². The molecule has 0 aromatic heterocycles. The molecule has 0 radical (unpaired) electrons. The van der Waals surface area contributed by atoms with Crippen molar-refractivity contribution >= 4 is 0 Å². The van der Waals surface area contributed by atoms with Crippen LogP contribution in [0.1, 0.15) is 39.5 Å². The molecule has 88 valence electrons. The Morgan fingerprint density at radius 1 is 1.47 bits per heavy atom. The van der Waals surface area contributed by atoms with Crippen LogP contribution < -0.4 is 5.32 Å². The largest absolute Gasteiger partial charge is 0.390 e. The van der Waals surface area contributed by atoms with Gasteiger partial charge in [0.05, 0.1) is 11.7 Å². The van der Waals surface area contributed by atoms with Gasteiger partial charge in [0.15, 0.2) is 0 Å². The Balaban J connectivity index is 2.08. The molecule has 0 saturated heterocycles. The minimum absolute atomic E-state index is 0.128. The molecular weight excluding hydrogens is 190 g/mol. The maximum absolute atomic E-state index is 10.1. The third-order valence-corrected chi connectivity index (χ3v) is 4.20. The molecule has 2 fully saturated rings. The van der Waals surface area contributed by atoms with Gasteiger partial charge in [-0.25, -0.2) is 0 Å². The summed E-state index contributed by atoms with van der Waals surface area (Å²) in [6.07, 6.45) is 4.33. The Morgan fingerprint density at radius 2 is 2.20 bits per heavy atom. The topological polar surface area (TPSA) is 41.5 Å². The minimum Gasteiger partial charge on any atom is -0.390 e. The second-order valence-corrected chi connectivity index (χ2v) is 5.50. The summed E-state index contributed by atoms with van der Waals surface area (Å²) in [5.41, 5.74) is -0.353. The summed E-state index contributed by atoms with van der Waals surface area (Å²) in [7, 11) is 2.02. The average Bonchev–Trinajstić information content (AvgIpc) is 2.54. The fourth-order valence-electron chi connectivity index (χ4n) is 3.73. The van der Waals surface area contributed by atoms with Crippen LogP contribution in [0.2, 0.25) is 0 Å². The molecule has 0 amide bonds. The van der Waals surface area contributed by atoms with Crippen LogP contribution in [0.4, 0.5) is 0 Å². The lowest BCUT2D eigenvalue weighted by molar-refractivity contribution is 0.0279. The van der Waals surface area contributed by atoms with Gasteiger partial charge in [-0.3, -0.25) is 0 Å². The SMILES string of the molecule is CCO[C@H]1C[C@H]2C[C@@](C)(O)C[C@@]2(NC)C1. The van der Waals surface area contributed by atoms with Crippen molar-refractivity contribution in [3.63, 3.8) is 0 Å². The van der Waals surface area contributed by atoms with E-state index in [9.17, 15) is 5.11 Å². The second kappa shape index (κ2) is 3.72. The number of hydrogen-bond acceptors (Lipinski definition) is 3. The summed E-state index contributed by atoms with van der Waals surface area (Å²) in [6, 6.07) is 0. The first-order valence-electron chi connectivity index (χ1n) is 6.04. The van der Waals surface area contributed by atoms with Gasteiger partial charge in [-0.05, 0) is 52.5 Å². The number of hydrogen-bond donors (Lipinski definition) is 2. The van der Waals surface area contributed by atoms with E-state index in [0.717, 1.165) is 32.3 Å². The zero-order valence-electron chi connectivity index (χ0n) is 10.0. The van der Waals surface area contributed by atoms with Gasteiger partial charge < -0.3 is 15.2 Å². The predicted octanol–water partition coefficient (Wildman–Crippen LogP) is 1.30. The fraction of sp³-hybridized carbons (Fsp3) is 1.00. The van der Waals surface area contributed by atoms with Gasteiger partial charge in [-0.15, -0.1) is 0 Å². The van der Waals surface area contributed by atoms with Crippen molar-refractivity contribution in [2.24, 2.45) is 5.92 Å². The lowest BCUT2D eigenvalue weighted by atomic mass is 9.90. The Bertz CT molecular complexity index is 242. The van der Waals surface area contributed by atoms with E-state index in [0.29, 0.717) is 12.0 Å². The van der Waals surface area contributed by atoms with Crippen molar-refractivity contribution in [3.8, 4) is 0 Å². The maximum atomic E-state index is 10.1. The van der Waals surface area contributed by atoms with Crippen LogP contribution in [0.3, 0.4) is 0 Å². The molecule has 4 atom stereocenters. The predicted molar refractivity (Wildman–Crippen MR) is 59.8 cm³/mol. The highest BCUT2D eigenvalue weighted by Crippen LogP contribution is 2.51. The highest BCUT2D eigenvalue weighted by atomic mass is 16.5. The van der Waals surface area contributed by atoms with Crippen LogP contribution in [0.15, 0.2) is 0 Å². The molecule has 2 N–H and O–H groups in total. The highest BCUT2D eigenvalue weighted by Gasteiger charge is 2.56. The molecule has 0 aromatic carbocycles. The van der Waals surface area contributed by atoms with Gasteiger partial charge in [0.2, 0.25) is 0 Å². The van der Waals surface area contributed by atoms with Gasteiger partial charge >= 0.3 is 0 Å². The van der Waals surface area contributed by atoms with Crippen LogP contribution in [-0.4, -0.2) is 36.0 Å². The van der Waals surface area contributed by atoms with Crippen molar-refractivity contribution in [3.05, 3.63) is 0 Å². The number of aliphatic hydroxyl groups is 1. The monoisotopic (exact) mass is 213 g/mol. The summed E-state index contributed by atoms with van der Waals surface area (Å²) >= 11 is 0. The number of rotatable bonds is 3. The van der Waals surface area contributed by atoms with Gasteiger partial charge in [0.25, 0.3) is 0 Å². The number of nitrogens with one attached hydrogen (secondary N) is 1. The lowest BCUT2D eigenvalue weighted by Gasteiger charge is -2.30. The third-order valence-electron chi connectivity index (χ3n) is 4.20. The van der Waals surface area contributed by atoms with Crippen molar-refractivity contribution in [2.45, 2.75) is 56.8 Å². The number of fused-ring (bicyclic) bond motifs is 1. The van der Waals surface area contributed by atoms with Gasteiger partial charge in [0.1, 0.15) is 0 Å². The minimum atomic E-state index is -0.481. The Morgan fingerprint density at radius 3 is 2.73 bits per heavy atom. The summed E-state index contributed by atoms with van der Waals surface area (Å²) < 4.78 is 5.71. The van der Waals surface area contributed by atoms with Gasteiger partial charge in [0, 0.05) is 12.1 Å². The Kier molecular flexibility index (Phi) is 2.82. The molecule has 2 rings (SSSR count). The van der Waals surface area contributed by atoms with E-state index < -0.39 is 5.60 Å². The molecule has 0 aromatic rings. The average molecular weight is 213 g/mol. The van der Waals surface area contributed by atoms with E-state index in [1.165, 1.54) is 0 Å². The first-order valence-corrected chi connectivity index (χ1v) is 6.04. The summed E-state index contributed by atoms with van der Waals surface area (Å²) in [6.45, 7) is 4.81. The summed E-state index contributed by atoms with van der Waals surface area (Å²) in [5.74, 6) is 0.578. The zero-order chi connectivity index (χ0) is 11.1. The Labute approximate surface area is 92.2 Å². The molecular formula is C12H23NO2. The standard InChI is InChI=1S/C12H23NO2/c1-4-15-10-5-9-6-11(2,14)8-12(9,7-10)13-3/h9-10,13-14H,4-8H2,1-3H3/t9-,10-,11+,12-/m0/s1. The van der Waals surface area contributed by atoms with Crippen molar-refractivity contribution < 1.29 is 9.84 Å². The third kappa shape index (κ3) is 1.93. The van der Waals surface area contributed by atoms with Crippen LogP contribution in [0, 0.1) is 5.92 Å². The molecule has 0 spiro atoms. The van der Waals surface area contributed by atoms with Gasteiger partial charge in [-0.1, -0.05) is 0 Å². The molecule has 0 unspecified atom stereocenters.